The smallest absolute Gasteiger partial charge is 0.244 e. The zero-order valence-corrected chi connectivity index (χ0v) is 17.5. The number of nitrogens with zero attached hydrogens (tertiary/aromatic N) is 1. The lowest BCUT2D eigenvalue weighted by molar-refractivity contribution is -0.127. The van der Waals surface area contributed by atoms with Gasteiger partial charge in [0.2, 0.25) is 15.9 Å². The van der Waals surface area contributed by atoms with Crippen molar-refractivity contribution >= 4 is 39.1 Å². The summed E-state index contributed by atoms with van der Waals surface area (Å²) in [6.07, 6.45) is 2.99. The topological polar surface area (TPSA) is 75.7 Å². The van der Waals surface area contributed by atoms with Gasteiger partial charge in [-0.15, -0.1) is 0 Å². The van der Waals surface area contributed by atoms with Crippen molar-refractivity contribution in [3.63, 3.8) is 0 Å². The minimum absolute atomic E-state index is 0.00609. The molecular formula is C18H24Cl2N2O4S. The van der Waals surface area contributed by atoms with Crippen LogP contribution in [0.4, 0.5) is 0 Å². The minimum atomic E-state index is -3.74. The van der Waals surface area contributed by atoms with Crippen molar-refractivity contribution < 1.29 is 17.9 Å². The van der Waals surface area contributed by atoms with Crippen molar-refractivity contribution in [2.75, 3.05) is 19.7 Å². The van der Waals surface area contributed by atoms with Gasteiger partial charge in [0.25, 0.3) is 0 Å². The van der Waals surface area contributed by atoms with Crippen LogP contribution < -0.4 is 5.32 Å². The highest BCUT2D eigenvalue weighted by Gasteiger charge is 2.34. The van der Waals surface area contributed by atoms with E-state index in [0.717, 1.165) is 19.4 Å². The van der Waals surface area contributed by atoms with Crippen LogP contribution >= 0.6 is 23.2 Å². The lowest BCUT2D eigenvalue weighted by Crippen LogP contribution is -2.47. The number of ether oxygens (including phenoxy) is 1. The molecule has 2 fully saturated rings. The molecule has 0 bridgehead atoms. The Morgan fingerprint density at radius 1 is 1.26 bits per heavy atom. The van der Waals surface area contributed by atoms with Crippen LogP contribution in [0.3, 0.4) is 0 Å². The Labute approximate surface area is 170 Å². The molecule has 9 heteroatoms. The summed E-state index contributed by atoms with van der Waals surface area (Å²) >= 11 is 12.0. The third-order valence-electron chi connectivity index (χ3n) is 5.23. The highest BCUT2D eigenvalue weighted by atomic mass is 35.5. The molecule has 2 aliphatic heterocycles. The van der Waals surface area contributed by atoms with E-state index in [1.807, 2.05) is 6.92 Å². The number of hydrogen-bond acceptors (Lipinski definition) is 4. The number of nitrogens with one attached hydrogen (secondary N) is 1. The first kappa shape index (κ1) is 20.9. The van der Waals surface area contributed by atoms with E-state index in [9.17, 15) is 13.2 Å². The molecule has 1 amide bonds. The molecule has 2 unspecified atom stereocenters. The van der Waals surface area contributed by atoms with Crippen molar-refractivity contribution in [3.8, 4) is 0 Å². The van der Waals surface area contributed by atoms with Gasteiger partial charge in [-0.05, 0) is 50.8 Å². The van der Waals surface area contributed by atoms with Gasteiger partial charge in [-0.3, -0.25) is 4.79 Å². The highest BCUT2D eigenvalue weighted by molar-refractivity contribution is 7.89. The predicted molar refractivity (Wildman–Crippen MR) is 105 cm³/mol. The number of benzene rings is 1. The Morgan fingerprint density at radius 2 is 1.96 bits per heavy atom. The maximum atomic E-state index is 12.9. The first-order valence-electron chi connectivity index (χ1n) is 9.16. The summed E-state index contributed by atoms with van der Waals surface area (Å²) in [5, 5.41) is 3.48. The van der Waals surface area contributed by atoms with Gasteiger partial charge in [0.1, 0.15) is 4.90 Å². The third-order valence-corrected chi connectivity index (χ3v) is 7.84. The maximum absolute atomic E-state index is 12.9. The summed E-state index contributed by atoms with van der Waals surface area (Å²) in [5.41, 5.74) is 0. The summed E-state index contributed by atoms with van der Waals surface area (Å²) < 4.78 is 32.7. The van der Waals surface area contributed by atoms with Crippen LogP contribution in [0, 0.1) is 5.92 Å². The molecule has 0 saturated carbocycles. The van der Waals surface area contributed by atoms with Crippen molar-refractivity contribution in [1.29, 1.82) is 0 Å². The lowest BCUT2D eigenvalue weighted by Gasteiger charge is -2.32. The molecule has 0 radical (unpaired) electrons. The molecule has 2 aliphatic rings. The second-order valence-corrected chi connectivity index (χ2v) is 9.85. The van der Waals surface area contributed by atoms with Gasteiger partial charge >= 0.3 is 0 Å². The zero-order valence-electron chi connectivity index (χ0n) is 15.2. The van der Waals surface area contributed by atoms with Crippen molar-refractivity contribution in [2.45, 2.75) is 49.6 Å². The lowest BCUT2D eigenvalue weighted by atomic mass is 9.96. The van der Waals surface area contributed by atoms with Crippen LogP contribution in [0.25, 0.3) is 0 Å². The second-order valence-electron chi connectivity index (χ2n) is 7.10. The van der Waals surface area contributed by atoms with E-state index in [2.05, 4.69) is 5.32 Å². The van der Waals surface area contributed by atoms with Gasteiger partial charge in [0.05, 0.1) is 17.2 Å². The minimum Gasteiger partial charge on any atom is -0.376 e. The fourth-order valence-electron chi connectivity index (χ4n) is 3.60. The van der Waals surface area contributed by atoms with Gasteiger partial charge in [0.15, 0.2) is 0 Å². The van der Waals surface area contributed by atoms with E-state index in [0.29, 0.717) is 17.9 Å². The molecule has 27 heavy (non-hydrogen) atoms. The van der Waals surface area contributed by atoms with Gasteiger partial charge < -0.3 is 10.1 Å². The van der Waals surface area contributed by atoms with E-state index in [4.69, 9.17) is 27.9 Å². The van der Waals surface area contributed by atoms with Crippen LogP contribution in [-0.4, -0.2) is 50.5 Å². The van der Waals surface area contributed by atoms with Gasteiger partial charge in [0, 0.05) is 30.6 Å². The maximum Gasteiger partial charge on any atom is 0.244 e. The van der Waals surface area contributed by atoms with Crippen LogP contribution in [0.5, 0.6) is 0 Å². The number of carbonyl (C=O) groups excluding carboxylic acids is 1. The quantitative estimate of drug-likeness (QED) is 0.772. The molecule has 1 N–H and O–H groups in total. The molecule has 1 aromatic rings. The summed E-state index contributed by atoms with van der Waals surface area (Å²) in [7, 11) is -3.74. The Kier molecular flexibility index (Phi) is 6.69. The van der Waals surface area contributed by atoms with Crippen LogP contribution in [-0.2, 0) is 19.6 Å². The van der Waals surface area contributed by atoms with E-state index in [-0.39, 0.29) is 47.0 Å². The molecule has 2 heterocycles. The molecule has 0 spiro atoms. The summed E-state index contributed by atoms with van der Waals surface area (Å²) in [6, 6.07) is 4.35. The number of halogens is 2. The molecule has 3 rings (SSSR count). The van der Waals surface area contributed by atoms with Crippen molar-refractivity contribution in [2.24, 2.45) is 5.92 Å². The fourth-order valence-corrected chi connectivity index (χ4v) is 5.81. The highest BCUT2D eigenvalue weighted by Crippen LogP contribution is 2.30. The van der Waals surface area contributed by atoms with Gasteiger partial charge in [-0.1, -0.05) is 23.2 Å². The van der Waals surface area contributed by atoms with E-state index in [1.165, 1.54) is 16.4 Å². The molecule has 2 saturated heterocycles. The predicted octanol–water partition coefficient (Wildman–Crippen LogP) is 3.08. The molecule has 0 aromatic heterocycles. The standard InChI is InChI=1S/C18H24Cl2N2O4S/c1-12(16-3-2-10-26-16)21-18(23)13-6-8-22(9-7-13)27(24,25)17-11-14(19)4-5-15(17)20/h4-5,11-13,16H,2-3,6-10H2,1H3,(H,21,23). The number of piperidine rings is 1. The van der Waals surface area contributed by atoms with Gasteiger partial charge in [-0.25, -0.2) is 8.42 Å². The van der Waals surface area contributed by atoms with Crippen LogP contribution in [0.2, 0.25) is 10.0 Å². The summed E-state index contributed by atoms with van der Waals surface area (Å²) in [5.74, 6) is -0.231. The Hall–Kier alpha value is -0.860. The van der Waals surface area contributed by atoms with Crippen molar-refractivity contribution in [1.82, 2.24) is 9.62 Å². The number of carbonyl (C=O) groups is 1. The van der Waals surface area contributed by atoms with Gasteiger partial charge in [-0.2, -0.15) is 4.31 Å². The molecule has 0 aliphatic carbocycles. The molecule has 1 aromatic carbocycles. The van der Waals surface area contributed by atoms with Crippen LogP contribution in [0.15, 0.2) is 23.1 Å². The van der Waals surface area contributed by atoms with E-state index >= 15 is 0 Å². The Balaban J connectivity index is 1.59. The zero-order chi connectivity index (χ0) is 19.6. The average molecular weight is 435 g/mol. The molecule has 150 valence electrons. The number of amides is 1. The largest absolute Gasteiger partial charge is 0.376 e. The van der Waals surface area contributed by atoms with E-state index in [1.54, 1.807) is 6.07 Å². The summed E-state index contributed by atoms with van der Waals surface area (Å²) in [4.78, 5) is 12.5. The normalized spacial score (nSPS) is 23.3. The second kappa shape index (κ2) is 8.66. The first-order chi connectivity index (χ1) is 12.8. The molecule has 2 atom stereocenters. The fraction of sp³-hybridized carbons (Fsp3) is 0.611. The summed E-state index contributed by atoms with van der Waals surface area (Å²) in [6.45, 7) is 3.25. The number of rotatable bonds is 5. The van der Waals surface area contributed by atoms with Crippen LogP contribution in [0.1, 0.15) is 32.6 Å². The number of sulfonamides is 1. The van der Waals surface area contributed by atoms with Crippen molar-refractivity contribution in [3.05, 3.63) is 28.2 Å². The monoisotopic (exact) mass is 434 g/mol. The molecule has 6 nitrogen and oxygen atoms in total. The van der Waals surface area contributed by atoms with E-state index < -0.39 is 10.0 Å². The first-order valence-corrected chi connectivity index (χ1v) is 11.4. The third kappa shape index (κ3) is 4.77. The SMILES string of the molecule is CC(NC(=O)C1CCN(S(=O)(=O)c2cc(Cl)ccc2Cl)CC1)C1CCCO1. The average Bonchev–Trinajstić information content (AvgIpc) is 3.18. The Bertz CT molecular complexity index is 789. The molecular weight excluding hydrogens is 411 g/mol. The number of hydrogen-bond donors (Lipinski definition) is 1. The Morgan fingerprint density at radius 3 is 2.59 bits per heavy atom.